The van der Waals surface area contributed by atoms with Crippen LogP contribution in [-0.4, -0.2) is 63.7 Å². The van der Waals surface area contributed by atoms with Crippen molar-refractivity contribution in [3.05, 3.63) is 65.0 Å². The van der Waals surface area contributed by atoms with Crippen LogP contribution in [0.4, 0.5) is 23.4 Å². The summed E-state index contributed by atoms with van der Waals surface area (Å²) in [6.45, 7) is 2.90. The van der Waals surface area contributed by atoms with Crippen LogP contribution in [0.5, 0.6) is 5.75 Å². The maximum absolute atomic E-state index is 15.2. The molecular weight excluding hydrogens is 603 g/mol. The van der Waals surface area contributed by atoms with Gasteiger partial charge in [-0.05, 0) is 32.2 Å². The molecule has 1 fully saturated rings. The predicted octanol–water partition coefficient (Wildman–Crippen LogP) is 3.48. The van der Waals surface area contributed by atoms with Crippen LogP contribution >= 0.6 is 7.75 Å². The standard InChI is InChI=1S/C26H29F4N4O8P/c1-13(2)40-23(36)14(3)33-43(38,42-18-10-6-8-15-7-4-5-9-16(15)18)39-12-26(24(29)30)20(35)19(28)22(41-26)34-11-17(27)21(31)32-25(34)37/h4-11,13-14,19-20,22,24,35H,12H2,1-3H3,(H,33,38)(H2,31,32,37)/t14-,19+,20-,22+,26+,43?/m0/s1. The highest BCUT2D eigenvalue weighted by atomic mass is 31.2. The third-order valence-electron chi connectivity index (χ3n) is 6.48. The van der Waals surface area contributed by atoms with Gasteiger partial charge in [-0.1, -0.05) is 36.4 Å². The fourth-order valence-corrected chi connectivity index (χ4v) is 5.85. The molecule has 6 atom stereocenters. The number of anilines is 1. The summed E-state index contributed by atoms with van der Waals surface area (Å²) in [5.74, 6) is -3.03. The average Bonchev–Trinajstić information content (AvgIpc) is 3.20. The molecule has 4 rings (SSSR count). The first-order chi connectivity index (χ1) is 20.2. The van der Waals surface area contributed by atoms with Gasteiger partial charge in [-0.25, -0.2) is 26.9 Å². The van der Waals surface area contributed by atoms with Crippen molar-refractivity contribution >= 4 is 30.3 Å². The van der Waals surface area contributed by atoms with Crippen LogP contribution in [0.1, 0.15) is 27.0 Å². The summed E-state index contributed by atoms with van der Waals surface area (Å²) in [7, 11) is -4.85. The van der Waals surface area contributed by atoms with Crippen molar-refractivity contribution in [2.45, 2.75) is 63.4 Å². The zero-order valence-electron chi connectivity index (χ0n) is 23.0. The number of carbonyl (C=O) groups excluding carboxylic acids is 1. The number of carbonyl (C=O) groups is 1. The minimum Gasteiger partial charge on any atom is -0.462 e. The largest absolute Gasteiger partial charge is 0.462 e. The van der Waals surface area contributed by atoms with Crippen molar-refractivity contribution in [2.24, 2.45) is 0 Å². The van der Waals surface area contributed by atoms with Crippen LogP contribution in [0, 0.1) is 5.82 Å². The second kappa shape index (κ2) is 12.6. The maximum atomic E-state index is 15.2. The van der Waals surface area contributed by atoms with Gasteiger partial charge in [0.1, 0.15) is 17.9 Å². The van der Waals surface area contributed by atoms with Crippen LogP contribution < -0.4 is 21.0 Å². The fourth-order valence-electron chi connectivity index (χ4n) is 4.30. The van der Waals surface area contributed by atoms with Crippen molar-refractivity contribution in [3.63, 3.8) is 0 Å². The number of halogens is 4. The lowest BCUT2D eigenvalue weighted by molar-refractivity contribution is -0.193. The molecule has 1 aromatic heterocycles. The molecule has 2 aromatic carbocycles. The van der Waals surface area contributed by atoms with Crippen LogP contribution in [-0.2, 0) is 23.4 Å². The van der Waals surface area contributed by atoms with Gasteiger partial charge in [0.25, 0.3) is 6.43 Å². The molecule has 17 heteroatoms. The second-order valence-electron chi connectivity index (χ2n) is 9.99. The van der Waals surface area contributed by atoms with Gasteiger partial charge in [0, 0.05) is 5.39 Å². The molecule has 0 spiro atoms. The maximum Gasteiger partial charge on any atom is 0.459 e. The zero-order valence-corrected chi connectivity index (χ0v) is 23.9. The van der Waals surface area contributed by atoms with E-state index in [2.05, 4.69) is 10.1 Å². The first-order valence-corrected chi connectivity index (χ1v) is 14.4. The number of ether oxygens (including phenoxy) is 2. The number of hydrogen-bond donors (Lipinski definition) is 3. The first-order valence-electron chi connectivity index (χ1n) is 12.9. The third kappa shape index (κ3) is 6.68. The van der Waals surface area contributed by atoms with Crippen LogP contribution in [0.25, 0.3) is 10.8 Å². The van der Waals surface area contributed by atoms with E-state index in [1.165, 1.54) is 13.0 Å². The molecule has 234 valence electrons. The molecule has 4 N–H and O–H groups in total. The number of aromatic nitrogens is 2. The lowest BCUT2D eigenvalue weighted by Gasteiger charge is -2.32. The predicted molar refractivity (Wildman–Crippen MR) is 145 cm³/mol. The van der Waals surface area contributed by atoms with Crippen molar-refractivity contribution < 1.29 is 50.5 Å². The molecule has 1 saturated heterocycles. The number of aliphatic hydroxyl groups excluding tert-OH is 1. The van der Waals surface area contributed by atoms with Crippen molar-refractivity contribution in [2.75, 3.05) is 12.3 Å². The zero-order chi connectivity index (χ0) is 31.7. The van der Waals surface area contributed by atoms with Gasteiger partial charge in [0.2, 0.25) is 0 Å². The van der Waals surface area contributed by atoms with E-state index in [1.54, 1.807) is 50.2 Å². The Balaban J connectivity index is 1.69. The summed E-state index contributed by atoms with van der Waals surface area (Å²) < 4.78 is 93.8. The molecule has 1 aliphatic heterocycles. The number of alkyl halides is 3. The Kier molecular flexibility index (Phi) is 9.47. The average molecular weight is 633 g/mol. The number of nitrogen functional groups attached to an aromatic ring is 1. The van der Waals surface area contributed by atoms with Crippen LogP contribution in [0.2, 0.25) is 0 Å². The lowest BCUT2D eigenvalue weighted by Crippen LogP contribution is -2.52. The number of nitrogens with two attached hydrogens (primary N) is 1. The van der Waals surface area contributed by atoms with Gasteiger partial charge in [0.15, 0.2) is 29.6 Å². The van der Waals surface area contributed by atoms with E-state index >= 15 is 4.39 Å². The number of rotatable bonds is 11. The molecule has 0 radical (unpaired) electrons. The molecule has 0 aliphatic carbocycles. The van der Waals surface area contributed by atoms with Crippen LogP contribution in [0.15, 0.2) is 53.5 Å². The number of aliphatic hydroxyl groups is 1. The quantitative estimate of drug-likeness (QED) is 0.161. The number of nitrogens with one attached hydrogen (secondary N) is 1. The molecule has 0 saturated carbocycles. The van der Waals surface area contributed by atoms with E-state index in [0.29, 0.717) is 17.0 Å². The molecule has 0 bridgehead atoms. The Bertz CT molecular complexity index is 1590. The Morgan fingerprint density at radius 3 is 2.58 bits per heavy atom. The van der Waals surface area contributed by atoms with Gasteiger partial charge in [-0.15, -0.1) is 0 Å². The second-order valence-corrected chi connectivity index (χ2v) is 11.7. The molecule has 43 heavy (non-hydrogen) atoms. The van der Waals surface area contributed by atoms with Gasteiger partial charge in [-0.3, -0.25) is 13.9 Å². The molecule has 2 heterocycles. The lowest BCUT2D eigenvalue weighted by atomic mass is 9.97. The van der Waals surface area contributed by atoms with Gasteiger partial charge in [-0.2, -0.15) is 10.1 Å². The number of benzene rings is 2. The van der Waals surface area contributed by atoms with Crippen LogP contribution in [0.3, 0.4) is 0 Å². The summed E-state index contributed by atoms with van der Waals surface area (Å²) in [6.07, 6.45) is -11.6. The molecule has 12 nitrogen and oxygen atoms in total. The summed E-state index contributed by atoms with van der Waals surface area (Å²) in [4.78, 5) is 27.9. The number of hydrogen-bond acceptors (Lipinski definition) is 10. The summed E-state index contributed by atoms with van der Waals surface area (Å²) in [5, 5.41) is 14.0. The molecule has 1 unspecified atom stereocenters. The van der Waals surface area contributed by atoms with Gasteiger partial charge >= 0.3 is 19.4 Å². The minimum atomic E-state index is -4.85. The highest BCUT2D eigenvalue weighted by Gasteiger charge is 2.62. The smallest absolute Gasteiger partial charge is 0.459 e. The fraction of sp³-hybridized carbons (Fsp3) is 0.423. The van der Waals surface area contributed by atoms with Crippen molar-refractivity contribution in [1.82, 2.24) is 14.6 Å². The van der Waals surface area contributed by atoms with E-state index in [4.69, 9.17) is 24.3 Å². The first kappa shape index (κ1) is 32.4. The number of nitrogens with zero attached hydrogens (tertiary/aromatic N) is 2. The van der Waals surface area contributed by atoms with E-state index in [1.807, 2.05) is 0 Å². The van der Waals surface area contributed by atoms with Crippen molar-refractivity contribution in [3.8, 4) is 5.75 Å². The Morgan fingerprint density at radius 1 is 1.23 bits per heavy atom. The van der Waals surface area contributed by atoms with E-state index in [-0.39, 0.29) is 10.3 Å². The third-order valence-corrected chi connectivity index (χ3v) is 8.09. The monoisotopic (exact) mass is 632 g/mol. The van der Waals surface area contributed by atoms with E-state index in [0.717, 1.165) is 0 Å². The van der Waals surface area contributed by atoms with Gasteiger partial charge in [0.05, 0.1) is 18.9 Å². The molecule has 1 aliphatic rings. The number of fused-ring (bicyclic) bond motifs is 1. The highest BCUT2D eigenvalue weighted by molar-refractivity contribution is 7.52. The number of esters is 1. The molecule has 3 aromatic rings. The normalized spacial score (nSPS) is 24.3. The van der Waals surface area contributed by atoms with E-state index in [9.17, 15) is 32.4 Å². The Hall–Kier alpha value is -3.56. The van der Waals surface area contributed by atoms with Crippen molar-refractivity contribution in [1.29, 1.82) is 0 Å². The topological polar surface area (TPSA) is 164 Å². The molecule has 0 amide bonds. The minimum absolute atomic E-state index is 0.0337. The summed E-state index contributed by atoms with van der Waals surface area (Å²) in [5.41, 5.74) is 0.624. The highest BCUT2D eigenvalue weighted by Crippen LogP contribution is 2.50. The Morgan fingerprint density at radius 2 is 1.91 bits per heavy atom. The SMILES string of the molecule is CC(C)OC(=O)[C@H](C)NP(=O)(OC[C@@]1(C(F)F)O[C@@H](n2cc(F)c(N)nc2=O)[C@H](F)[C@@H]1O)Oc1cccc2ccccc12. The van der Waals surface area contributed by atoms with E-state index < -0.39 is 80.3 Å². The summed E-state index contributed by atoms with van der Waals surface area (Å²) in [6, 6.07) is 10.0. The van der Waals surface area contributed by atoms with Gasteiger partial charge < -0.3 is 24.8 Å². The Labute approximate surface area is 242 Å². The molecular formula is C26H29F4N4O8P. The summed E-state index contributed by atoms with van der Waals surface area (Å²) >= 11 is 0.